The van der Waals surface area contributed by atoms with Gasteiger partial charge in [-0.1, -0.05) is 0 Å². The molecule has 0 bridgehead atoms. The Balaban J connectivity index is 2.49. The van der Waals surface area contributed by atoms with E-state index in [4.69, 9.17) is 0 Å². The van der Waals surface area contributed by atoms with Crippen molar-refractivity contribution in [1.29, 1.82) is 0 Å². The van der Waals surface area contributed by atoms with Crippen molar-refractivity contribution in [1.82, 2.24) is 0 Å². The van der Waals surface area contributed by atoms with Gasteiger partial charge in [0.1, 0.15) is 0 Å². The summed E-state index contributed by atoms with van der Waals surface area (Å²) in [6.45, 7) is 11.6. The van der Waals surface area contributed by atoms with Crippen LogP contribution in [0.15, 0.2) is 66.7 Å². The zero-order valence-corrected chi connectivity index (χ0v) is 17.8. The molecule has 0 aliphatic carbocycles. The minimum atomic E-state index is -2.10. The molecule has 0 N–H and O–H groups in total. The van der Waals surface area contributed by atoms with Gasteiger partial charge in [-0.25, -0.2) is 0 Å². The second-order valence-electron chi connectivity index (χ2n) is 7.35. The van der Waals surface area contributed by atoms with Gasteiger partial charge >= 0.3 is 159 Å². The third-order valence-corrected chi connectivity index (χ3v) is 11.5. The molecule has 3 aromatic carbocycles. The predicted octanol–water partition coefficient (Wildman–Crippen LogP) is 5.22. The number of aryl methyl sites for hydroxylation is 4. The molecule has 0 nitrogen and oxygen atoms in total. The van der Waals surface area contributed by atoms with Crippen molar-refractivity contribution in [3.63, 3.8) is 0 Å². The molecule has 0 aliphatic rings. The second kappa shape index (κ2) is 7.77. The zero-order chi connectivity index (χ0) is 18.7. The molecule has 3 rings (SSSR count). The Morgan fingerprint density at radius 2 is 1.12 bits per heavy atom. The summed E-state index contributed by atoms with van der Waals surface area (Å²) in [5.74, 6) is 0. The quantitative estimate of drug-likeness (QED) is 0.546. The van der Waals surface area contributed by atoms with E-state index in [0.717, 1.165) is 6.42 Å². The Labute approximate surface area is 159 Å². The number of hydrogen-bond donors (Lipinski definition) is 0. The molecule has 0 fully saturated rings. The van der Waals surface area contributed by atoms with Gasteiger partial charge in [0.05, 0.1) is 0 Å². The number of hydrogen-bond acceptors (Lipinski definition) is 0. The van der Waals surface area contributed by atoms with Crippen LogP contribution in [0.4, 0.5) is 0 Å². The van der Waals surface area contributed by atoms with Gasteiger partial charge in [-0.05, 0) is 0 Å². The summed E-state index contributed by atoms with van der Waals surface area (Å²) in [6.07, 6.45) is 2.27. The van der Waals surface area contributed by atoms with Crippen LogP contribution >= 0.6 is 7.26 Å². The normalized spacial score (nSPS) is 12.2. The SMILES string of the molecule is CCc1cccc(C)c1[PH](CC)(c1ccccc1C)c1ccccc1C. The molecule has 0 aliphatic heterocycles. The molecule has 136 valence electrons. The molecular weight excluding hydrogens is 331 g/mol. The van der Waals surface area contributed by atoms with Gasteiger partial charge in [0.2, 0.25) is 0 Å². The van der Waals surface area contributed by atoms with Gasteiger partial charge in [0.25, 0.3) is 0 Å². The summed E-state index contributed by atoms with van der Waals surface area (Å²) in [6, 6.07) is 25.0. The zero-order valence-electron chi connectivity index (χ0n) is 16.8. The van der Waals surface area contributed by atoms with E-state index in [9.17, 15) is 0 Å². The van der Waals surface area contributed by atoms with Crippen molar-refractivity contribution >= 4 is 23.2 Å². The maximum absolute atomic E-state index is 2.40. The van der Waals surface area contributed by atoms with E-state index < -0.39 is 7.26 Å². The summed E-state index contributed by atoms with van der Waals surface area (Å²) in [7, 11) is -2.10. The first-order chi connectivity index (χ1) is 12.6. The van der Waals surface area contributed by atoms with E-state index in [2.05, 4.69) is 101 Å². The summed E-state index contributed by atoms with van der Waals surface area (Å²) in [5, 5.41) is 4.77. The monoisotopic (exact) mass is 362 g/mol. The van der Waals surface area contributed by atoms with E-state index in [0.29, 0.717) is 0 Å². The van der Waals surface area contributed by atoms with Crippen LogP contribution in [-0.2, 0) is 6.42 Å². The fourth-order valence-electron chi connectivity index (χ4n) is 4.71. The summed E-state index contributed by atoms with van der Waals surface area (Å²) < 4.78 is 0. The van der Waals surface area contributed by atoms with Gasteiger partial charge in [0, 0.05) is 0 Å². The van der Waals surface area contributed by atoms with Crippen LogP contribution in [0.25, 0.3) is 0 Å². The van der Waals surface area contributed by atoms with Crippen molar-refractivity contribution in [3.05, 3.63) is 89.0 Å². The molecular formula is C25H31P. The average Bonchev–Trinajstić information content (AvgIpc) is 2.66. The number of rotatable bonds is 5. The van der Waals surface area contributed by atoms with Crippen LogP contribution in [0.3, 0.4) is 0 Å². The van der Waals surface area contributed by atoms with Crippen LogP contribution in [0.1, 0.15) is 36.1 Å². The molecule has 1 heteroatoms. The number of benzene rings is 3. The Kier molecular flexibility index (Phi) is 5.64. The molecule has 0 radical (unpaired) electrons. The Bertz CT molecular complexity index is 862. The van der Waals surface area contributed by atoms with Crippen LogP contribution in [0.2, 0.25) is 0 Å². The third kappa shape index (κ3) is 3.01. The molecule has 0 unspecified atom stereocenters. The molecule has 0 heterocycles. The predicted molar refractivity (Wildman–Crippen MR) is 121 cm³/mol. The molecule has 0 saturated carbocycles. The minimum absolute atomic E-state index is 1.09. The van der Waals surface area contributed by atoms with Crippen molar-refractivity contribution in [2.45, 2.75) is 41.0 Å². The molecule has 3 aromatic rings. The van der Waals surface area contributed by atoms with E-state index in [1.807, 2.05) is 0 Å². The standard InChI is InChI=1S/C25H31P/c1-6-22-16-12-15-21(5)25(22)26(7-2,23-17-10-8-13-19(23)3)24-18-11-9-14-20(24)4/h8-18,26H,6-7H2,1-5H3. The Hall–Kier alpha value is -1.91. The van der Waals surface area contributed by atoms with Crippen LogP contribution in [-0.4, -0.2) is 6.16 Å². The molecule has 26 heavy (non-hydrogen) atoms. The van der Waals surface area contributed by atoms with Gasteiger partial charge in [-0.15, -0.1) is 0 Å². The van der Waals surface area contributed by atoms with Gasteiger partial charge in [0.15, 0.2) is 0 Å². The van der Waals surface area contributed by atoms with E-state index >= 15 is 0 Å². The fraction of sp³-hybridized carbons (Fsp3) is 0.280. The van der Waals surface area contributed by atoms with Crippen molar-refractivity contribution < 1.29 is 0 Å². The van der Waals surface area contributed by atoms with Crippen LogP contribution in [0.5, 0.6) is 0 Å². The van der Waals surface area contributed by atoms with Gasteiger partial charge < -0.3 is 0 Å². The first-order valence-electron chi connectivity index (χ1n) is 9.77. The fourth-order valence-corrected chi connectivity index (χ4v) is 10.5. The molecule has 0 aromatic heterocycles. The third-order valence-electron chi connectivity index (χ3n) is 5.91. The first kappa shape index (κ1) is 18.9. The molecule has 0 saturated heterocycles. The Morgan fingerprint density at radius 1 is 0.615 bits per heavy atom. The van der Waals surface area contributed by atoms with Crippen molar-refractivity contribution in [2.24, 2.45) is 0 Å². The molecule has 0 spiro atoms. The van der Waals surface area contributed by atoms with Crippen LogP contribution < -0.4 is 15.9 Å². The van der Waals surface area contributed by atoms with Crippen molar-refractivity contribution in [3.8, 4) is 0 Å². The summed E-state index contributed by atoms with van der Waals surface area (Å²) in [5.41, 5.74) is 5.82. The van der Waals surface area contributed by atoms with Gasteiger partial charge in [-0.3, -0.25) is 0 Å². The summed E-state index contributed by atoms with van der Waals surface area (Å²) in [4.78, 5) is 0. The summed E-state index contributed by atoms with van der Waals surface area (Å²) >= 11 is 0. The van der Waals surface area contributed by atoms with E-state index in [1.165, 1.54) is 28.4 Å². The molecule has 0 atom stereocenters. The second-order valence-corrected chi connectivity index (χ2v) is 11.4. The first-order valence-corrected chi connectivity index (χ1v) is 12.0. The van der Waals surface area contributed by atoms with Crippen molar-refractivity contribution in [2.75, 3.05) is 6.16 Å². The molecule has 0 amide bonds. The van der Waals surface area contributed by atoms with Gasteiger partial charge in [-0.2, -0.15) is 0 Å². The van der Waals surface area contributed by atoms with Crippen LogP contribution in [0, 0.1) is 20.8 Å². The topological polar surface area (TPSA) is 0 Å². The Morgan fingerprint density at radius 3 is 1.58 bits per heavy atom. The van der Waals surface area contributed by atoms with E-state index in [1.54, 1.807) is 15.9 Å². The average molecular weight is 362 g/mol. The van der Waals surface area contributed by atoms with E-state index in [-0.39, 0.29) is 0 Å². The maximum atomic E-state index is 2.40.